The number of hydrogen-bond donors (Lipinski definition) is 0. The number of imidazole rings is 1. The molecule has 0 amide bonds. The first kappa shape index (κ1) is 39.1. The number of ether oxygens (including phenoxy) is 1. The third kappa shape index (κ3) is 6.07. The molecule has 0 unspecified atom stereocenters. The molecule has 0 saturated carbocycles. The smallest absolute Gasteiger partial charge is 0.268 e. The maximum Gasteiger partial charge on any atom is 0.268 e. The first-order chi connectivity index (χ1) is 32.7. The van der Waals surface area contributed by atoms with Crippen LogP contribution in [-0.4, -0.2) is 14.0 Å². The zero-order valence-corrected chi connectivity index (χ0v) is 37.8. The van der Waals surface area contributed by atoms with Crippen molar-refractivity contribution < 1.29 is 34.8 Å². The Bertz CT molecular complexity index is 4120. The van der Waals surface area contributed by atoms with Crippen LogP contribution in [0, 0.1) is 18.5 Å². The molecule has 7 heteroatoms. The van der Waals surface area contributed by atoms with Gasteiger partial charge in [-0.2, -0.15) is 12.1 Å². The van der Waals surface area contributed by atoms with Gasteiger partial charge in [0.05, 0.1) is 16.7 Å². The fraction of sp³-hybridized carbons (Fsp3) is 0. The Morgan fingerprint density at radius 2 is 1.13 bits per heavy atom. The largest absolute Gasteiger partial charge is 0.510 e. The third-order valence-electron chi connectivity index (χ3n) is 13.0. The summed E-state index contributed by atoms with van der Waals surface area (Å²) in [6.45, 7) is 0. The number of hydrogen-bond acceptors (Lipinski definition) is 3. The number of nitrogens with zero attached hydrogens (tertiary/aromatic N) is 4. The van der Waals surface area contributed by atoms with Gasteiger partial charge in [0.2, 0.25) is 0 Å². The van der Waals surface area contributed by atoms with E-state index in [2.05, 4.69) is 196 Å². The summed E-state index contributed by atoms with van der Waals surface area (Å²) in [6.07, 6.45) is 5.72. The van der Waals surface area contributed by atoms with Gasteiger partial charge < -0.3 is 18.1 Å². The second-order valence-corrected chi connectivity index (χ2v) is 16.7. The Morgan fingerprint density at radius 3 is 1.84 bits per heavy atom. The van der Waals surface area contributed by atoms with Gasteiger partial charge in [0, 0.05) is 55.1 Å². The van der Waals surface area contributed by atoms with Crippen molar-refractivity contribution in [3.63, 3.8) is 0 Å². The van der Waals surface area contributed by atoms with Crippen molar-refractivity contribution in [2.24, 2.45) is 0 Å². The van der Waals surface area contributed by atoms with Crippen LogP contribution in [0.2, 0.25) is 0 Å². The molecular formula is C60H34N4O2Pt-2. The second-order valence-electron chi connectivity index (χ2n) is 16.7. The SMILES string of the molecule is [Pt].[c-]1c(Oc2[c-]c3c(cc2)c2cccc4oc5ccc6c(c5c42)n3[c-][n+]6-c2c(-c3ccccc3)cccc2-c2ccccc2)ccc2c3cc(-c4ccccc4)ccc3n(-c3ccccn3)c12. The molecule has 14 aromatic rings. The van der Waals surface area contributed by atoms with Crippen LogP contribution in [0.5, 0.6) is 11.5 Å². The number of para-hydroxylation sites is 1. The fourth-order valence-corrected chi connectivity index (χ4v) is 10.1. The molecule has 14 rings (SSSR count). The maximum atomic E-state index is 6.82. The Balaban J connectivity index is 0.00000446. The molecule has 0 saturated heterocycles. The molecule has 0 bridgehead atoms. The summed E-state index contributed by atoms with van der Waals surface area (Å²) < 4.78 is 20.0. The molecule has 5 aromatic heterocycles. The van der Waals surface area contributed by atoms with Gasteiger partial charge in [-0.3, -0.25) is 4.57 Å². The van der Waals surface area contributed by atoms with Gasteiger partial charge >= 0.3 is 0 Å². The molecule has 0 radical (unpaired) electrons. The first-order valence-corrected chi connectivity index (χ1v) is 22.0. The average Bonchev–Trinajstić information content (AvgIpc) is 4.04. The molecule has 0 aliphatic carbocycles. The molecule has 5 heterocycles. The molecular weight excluding hydrogens is 1000 g/mol. The molecule has 9 aromatic carbocycles. The molecule has 0 N–H and O–H groups in total. The van der Waals surface area contributed by atoms with Crippen LogP contribution in [0.25, 0.3) is 116 Å². The Hall–Kier alpha value is -8.31. The maximum absolute atomic E-state index is 6.82. The topological polar surface area (TPSA) is 48.5 Å². The summed E-state index contributed by atoms with van der Waals surface area (Å²) in [6, 6.07) is 77.0. The van der Waals surface area contributed by atoms with Crippen molar-refractivity contribution in [3.8, 4) is 56.4 Å². The van der Waals surface area contributed by atoms with Crippen molar-refractivity contribution in [2.45, 2.75) is 0 Å². The van der Waals surface area contributed by atoms with Gasteiger partial charge in [0.1, 0.15) is 17.0 Å². The van der Waals surface area contributed by atoms with E-state index in [9.17, 15) is 0 Å². The van der Waals surface area contributed by atoms with Gasteiger partial charge in [-0.25, -0.2) is 4.98 Å². The Morgan fingerprint density at radius 1 is 0.493 bits per heavy atom. The van der Waals surface area contributed by atoms with Crippen LogP contribution in [0.15, 0.2) is 211 Å². The van der Waals surface area contributed by atoms with E-state index in [0.717, 1.165) is 116 Å². The van der Waals surface area contributed by atoms with Crippen LogP contribution in [0.1, 0.15) is 0 Å². The van der Waals surface area contributed by atoms with Gasteiger partial charge in [-0.15, -0.1) is 35.0 Å². The number of aromatic nitrogens is 4. The molecule has 0 fully saturated rings. The summed E-state index contributed by atoms with van der Waals surface area (Å²) in [7, 11) is 0. The summed E-state index contributed by atoms with van der Waals surface area (Å²) in [5, 5.41) is 6.34. The molecule has 0 spiro atoms. The van der Waals surface area contributed by atoms with Crippen LogP contribution in [0.4, 0.5) is 0 Å². The van der Waals surface area contributed by atoms with Crippen molar-refractivity contribution in [3.05, 3.63) is 225 Å². The van der Waals surface area contributed by atoms with E-state index in [1.54, 1.807) is 0 Å². The zero-order chi connectivity index (χ0) is 43.3. The number of benzene rings is 9. The van der Waals surface area contributed by atoms with Crippen molar-refractivity contribution in [2.75, 3.05) is 0 Å². The van der Waals surface area contributed by atoms with Gasteiger partial charge in [0.15, 0.2) is 0 Å². The van der Waals surface area contributed by atoms with E-state index in [4.69, 9.17) is 14.1 Å². The van der Waals surface area contributed by atoms with Crippen LogP contribution in [-0.2, 0) is 21.1 Å². The van der Waals surface area contributed by atoms with Crippen molar-refractivity contribution in [1.82, 2.24) is 14.0 Å². The minimum Gasteiger partial charge on any atom is -0.510 e. The average molecular weight is 1040 g/mol. The predicted octanol–water partition coefficient (Wildman–Crippen LogP) is 14.5. The van der Waals surface area contributed by atoms with Gasteiger partial charge in [-0.05, 0) is 80.7 Å². The number of furan rings is 1. The van der Waals surface area contributed by atoms with E-state index < -0.39 is 0 Å². The molecule has 6 nitrogen and oxygen atoms in total. The summed E-state index contributed by atoms with van der Waals surface area (Å²) in [5.74, 6) is 1.93. The predicted molar refractivity (Wildman–Crippen MR) is 264 cm³/mol. The molecule has 0 aliphatic heterocycles. The van der Waals surface area contributed by atoms with E-state index in [-0.39, 0.29) is 21.1 Å². The van der Waals surface area contributed by atoms with Crippen LogP contribution in [0.3, 0.4) is 0 Å². The van der Waals surface area contributed by atoms with E-state index in [1.165, 1.54) is 0 Å². The third-order valence-corrected chi connectivity index (χ3v) is 13.0. The normalized spacial score (nSPS) is 11.8. The molecule has 0 atom stereocenters. The van der Waals surface area contributed by atoms with Crippen molar-refractivity contribution >= 4 is 71.1 Å². The van der Waals surface area contributed by atoms with E-state index >= 15 is 0 Å². The zero-order valence-electron chi connectivity index (χ0n) is 35.6. The number of rotatable bonds is 7. The van der Waals surface area contributed by atoms with E-state index in [0.29, 0.717) is 11.5 Å². The molecule has 318 valence electrons. The van der Waals surface area contributed by atoms with Gasteiger partial charge in [-0.1, -0.05) is 150 Å². The van der Waals surface area contributed by atoms with E-state index in [1.807, 2.05) is 42.6 Å². The second kappa shape index (κ2) is 15.4. The quantitative estimate of drug-likeness (QED) is 0.118. The fourth-order valence-electron chi connectivity index (χ4n) is 10.1. The number of fused-ring (bicyclic) bond motifs is 6. The molecule has 67 heavy (non-hydrogen) atoms. The Kier molecular flexibility index (Phi) is 8.99. The first-order valence-electron chi connectivity index (χ1n) is 22.0. The Labute approximate surface area is 398 Å². The molecule has 0 aliphatic rings. The van der Waals surface area contributed by atoms with Crippen LogP contribution < -0.4 is 9.30 Å². The number of pyridine rings is 1. The standard InChI is InChI=1S/C60H34N4O2.Pt/c1-4-14-38(15-5-1)41-25-30-50-49(34-41)47-29-27-43(36-53(47)64(50)56-24-10-11-33-61-56)65-42-26-28-46-48-22-13-23-54-57(48)58-55(66-54)32-31-51-60(58)63(52(46)35-42)37-62(51)59-44(39-16-6-2-7-17-39)20-12-21-45(59)40-18-8-3-9-19-40;/h1-34H;/q-2;. The minimum absolute atomic E-state index is 0. The van der Waals surface area contributed by atoms with Gasteiger partial charge in [0.25, 0.3) is 6.33 Å². The van der Waals surface area contributed by atoms with Crippen LogP contribution >= 0.6 is 0 Å². The monoisotopic (exact) mass is 1040 g/mol. The van der Waals surface area contributed by atoms with Crippen molar-refractivity contribution in [1.29, 1.82) is 0 Å². The summed E-state index contributed by atoms with van der Waals surface area (Å²) in [4.78, 5) is 4.79. The minimum atomic E-state index is 0. The summed E-state index contributed by atoms with van der Waals surface area (Å²) >= 11 is 0. The summed E-state index contributed by atoms with van der Waals surface area (Å²) in [5.41, 5.74) is 14.1.